The summed E-state index contributed by atoms with van der Waals surface area (Å²) in [5.74, 6) is 0.0473. The van der Waals surface area contributed by atoms with Gasteiger partial charge in [0.05, 0.1) is 6.04 Å². The molecule has 1 rings (SSSR count). The third kappa shape index (κ3) is 5.72. The molecule has 108 valence electrons. The molecule has 1 aromatic rings. The van der Waals surface area contributed by atoms with Gasteiger partial charge in [-0.15, -0.1) is 11.3 Å². The Bertz CT molecular complexity index is 354. The van der Waals surface area contributed by atoms with Gasteiger partial charge in [0.15, 0.2) is 0 Å². The molecule has 0 bridgehead atoms. The zero-order valence-electron chi connectivity index (χ0n) is 11.9. The van der Waals surface area contributed by atoms with Crippen molar-refractivity contribution < 1.29 is 9.53 Å². The molecule has 2 atom stereocenters. The molecule has 0 fully saturated rings. The lowest BCUT2D eigenvalue weighted by molar-refractivity contribution is -0.123. The second-order valence-electron chi connectivity index (χ2n) is 4.50. The molecule has 0 radical (unpaired) electrons. The Balaban J connectivity index is 2.35. The Morgan fingerprint density at radius 3 is 2.89 bits per heavy atom. The van der Waals surface area contributed by atoms with Gasteiger partial charge in [0, 0.05) is 31.2 Å². The molecule has 2 unspecified atom stereocenters. The number of hydrogen-bond acceptors (Lipinski definition) is 4. The van der Waals surface area contributed by atoms with Crippen molar-refractivity contribution in [2.75, 3.05) is 20.3 Å². The van der Waals surface area contributed by atoms with E-state index < -0.39 is 0 Å². The first kappa shape index (κ1) is 16.1. The quantitative estimate of drug-likeness (QED) is 0.684. The summed E-state index contributed by atoms with van der Waals surface area (Å²) in [4.78, 5) is 13.2. The van der Waals surface area contributed by atoms with E-state index in [1.165, 1.54) is 4.88 Å². The van der Waals surface area contributed by atoms with E-state index in [1.54, 1.807) is 18.4 Å². The van der Waals surface area contributed by atoms with Crippen molar-refractivity contribution in [2.24, 2.45) is 0 Å². The smallest absolute Gasteiger partial charge is 0.236 e. The fourth-order valence-corrected chi connectivity index (χ4v) is 2.72. The number of nitrogens with one attached hydrogen (secondary N) is 2. The van der Waals surface area contributed by atoms with E-state index in [0.717, 1.165) is 12.8 Å². The summed E-state index contributed by atoms with van der Waals surface area (Å²) in [5.41, 5.74) is 0. The first-order valence-corrected chi connectivity index (χ1v) is 7.63. The van der Waals surface area contributed by atoms with Crippen molar-refractivity contribution in [3.8, 4) is 0 Å². The van der Waals surface area contributed by atoms with Crippen molar-refractivity contribution in [3.63, 3.8) is 0 Å². The molecule has 0 saturated carbocycles. The Morgan fingerprint density at radius 2 is 2.32 bits per heavy atom. The standard InChI is InChI=1S/C14H24N2O2S/c1-4-12(13-7-5-10-19-13)16-11(2)14(17)15-8-6-9-18-3/h5,7,10-12,16H,4,6,8-9H2,1-3H3,(H,15,17). The molecule has 0 spiro atoms. The highest BCUT2D eigenvalue weighted by atomic mass is 32.1. The van der Waals surface area contributed by atoms with Gasteiger partial charge in [-0.3, -0.25) is 10.1 Å². The number of hydrogen-bond donors (Lipinski definition) is 2. The third-order valence-electron chi connectivity index (χ3n) is 2.96. The predicted molar refractivity (Wildman–Crippen MR) is 79.5 cm³/mol. The highest BCUT2D eigenvalue weighted by Crippen LogP contribution is 2.22. The van der Waals surface area contributed by atoms with E-state index in [1.807, 2.05) is 13.0 Å². The summed E-state index contributed by atoms with van der Waals surface area (Å²) in [7, 11) is 1.67. The molecule has 0 saturated heterocycles. The van der Waals surface area contributed by atoms with E-state index in [-0.39, 0.29) is 18.0 Å². The van der Waals surface area contributed by atoms with Crippen LogP contribution < -0.4 is 10.6 Å². The Morgan fingerprint density at radius 1 is 1.53 bits per heavy atom. The summed E-state index contributed by atoms with van der Waals surface area (Å²) in [6.45, 7) is 5.37. The molecule has 1 aromatic heterocycles. The molecule has 5 heteroatoms. The number of ether oxygens (including phenoxy) is 1. The maximum absolute atomic E-state index is 11.9. The van der Waals surface area contributed by atoms with Crippen LogP contribution in [0.4, 0.5) is 0 Å². The minimum Gasteiger partial charge on any atom is -0.385 e. The van der Waals surface area contributed by atoms with Crippen molar-refractivity contribution >= 4 is 17.2 Å². The van der Waals surface area contributed by atoms with Gasteiger partial charge >= 0.3 is 0 Å². The van der Waals surface area contributed by atoms with Gasteiger partial charge < -0.3 is 10.1 Å². The van der Waals surface area contributed by atoms with E-state index in [0.29, 0.717) is 13.2 Å². The maximum Gasteiger partial charge on any atom is 0.236 e. The van der Waals surface area contributed by atoms with Crippen LogP contribution in [0.2, 0.25) is 0 Å². The average Bonchev–Trinajstić information content (AvgIpc) is 2.94. The lowest BCUT2D eigenvalue weighted by atomic mass is 10.1. The molecule has 19 heavy (non-hydrogen) atoms. The van der Waals surface area contributed by atoms with Crippen LogP contribution in [-0.4, -0.2) is 32.2 Å². The van der Waals surface area contributed by atoms with Crippen LogP contribution >= 0.6 is 11.3 Å². The first-order chi connectivity index (χ1) is 9.19. The van der Waals surface area contributed by atoms with Crippen LogP contribution in [0.25, 0.3) is 0 Å². The Kier molecular flexibility index (Phi) is 7.70. The average molecular weight is 284 g/mol. The zero-order chi connectivity index (χ0) is 14.1. The van der Waals surface area contributed by atoms with Crippen molar-refractivity contribution in [3.05, 3.63) is 22.4 Å². The van der Waals surface area contributed by atoms with Gasteiger partial charge in [0.1, 0.15) is 0 Å². The summed E-state index contributed by atoms with van der Waals surface area (Å²) in [6, 6.07) is 4.21. The molecule has 0 aliphatic heterocycles. The molecule has 4 nitrogen and oxygen atoms in total. The van der Waals surface area contributed by atoms with Gasteiger partial charge in [-0.05, 0) is 31.2 Å². The van der Waals surface area contributed by atoms with Crippen molar-refractivity contribution in [1.29, 1.82) is 0 Å². The number of methoxy groups -OCH3 is 1. The summed E-state index contributed by atoms with van der Waals surface area (Å²) in [6.07, 6.45) is 1.82. The maximum atomic E-state index is 11.9. The molecule has 0 aliphatic carbocycles. The third-order valence-corrected chi connectivity index (χ3v) is 3.95. The van der Waals surface area contributed by atoms with E-state index in [9.17, 15) is 4.79 Å². The first-order valence-electron chi connectivity index (χ1n) is 6.75. The summed E-state index contributed by atoms with van der Waals surface area (Å²) < 4.78 is 4.95. The van der Waals surface area contributed by atoms with Gasteiger partial charge in [-0.1, -0.05) is 13.0 Å². The van der Waals surface area contributed by atoms with E-state index >= 15 is 0 Å². The Hall–Kier alpha value is -0.910. The van der Waals surface area contributed by atoms with Crippen LogP contribution in [0.5, 0.6) is 0 Å². The molecule has 2 N–H and O–H groups in total. The van der Waals surface area contributed by atoms with Gasteiger partial charge in [0.2, 0.25) is 5.91 Å². The topological polar surface area (TPSA) is 50.4 Å². The van der Waals surface area contributed by atoms with E-state index in [2.05, 4.69) is 29.0 Å². The zero-order valence-corrected chi connectivity index (χ0v) is 12.8. The Labute approximate surface area is 119 Å². The fourth-order valence-electron chi connectivity index (χ4n) is 1.85. The number of rotatable bonds is 9. The second kappa shape index (κ2) is 9.07. The van der Waals surface area contributed by atoms with Crippen molar-refractivity contribution in [2.45, 2.75) is 38.8 Å². The van der Waals surface area contributed by atoms with Crippen LogP contribution in [0, 0.1) is 0 Å². The SMILES string of the molecule is CCC(NC(C)C(=O)NCCCOC)c1cccs1. The van der Waals surface area contributed by atoms with Gasteiger partial charge in [-0.2, -0.15) is 0 Å². The summed E-state index contributed by atoms with van der Waals surface area (Å²) in [5, 5.41) is 8.36. The lowest BCUT2D eigenvalue weighted by Crippen LogP contribution is -2.43. The molecular formula is C14H24N2O2S. The van der Waals surface area contributed by atoms with Crippen LogP contribution in [0.3, 0.4) is 0 Å². The highest BCUT2D eigenvalue weighted by molar-refractivity contribution is 7.10. The van der Waals surface area contributed by atoms with Crippen LogP contribution in [0.15, 0.2) is 17.5 Å². The van der Waals surface area contributed by atoms with Crippen molar-refractivity contribution in [1.82, 2.24) is 10.6 Å². The number of carbonyl (C=O) groups excluding carboxylic acids is 1. The number of carbonyl (C=O) groups is 1. The fraction of sp³-hybridized carbons (Fsp3) is 0.643. The van der Waals surface area contributed by atoms with Crippen LogP contribution in [-0.2, 0) is 9.53 Å². The molecule has 0 aromatic carbocycles. The monoisotopic (exact) mass is 284 g/mol. The number of amides is 1. The minimum absolute atomic E-state index is 0.0473. The second-order valence-corrected chi connectivity index (χ2v) is 5.48. The molecule has 1 amide bonds. The predicted octanol–water partition coefficient (Wildman–Crippen LogP) is 2.33. The van der Waals surface area contributed by atoms with Gasteiger partial charge in [0.25, 0.3) is 0 Å². The van der Waals surface area contributed by atoms with Crippen LogP contribution in [0.1, 0.15) is 37.6 Å². The largest absolute Gasteiger partial charge is 0.385 e. The van der Waals surface area contributed by atoms with Gasteiger partial charge in [-0.25, -0.2) is 0 Å². The summed E-state index contributed by atoms with van der Waals surface area (Å²) >= 11 is 1.72. The lowest BCUT2D eigenvalue weighted by Gasteiger charge is -2.21. The molecule has 0 aliphatic rings. The van der Waals surface area contributed by atoms with E-state index in [4.69, 9.17) is 4.74 Å². The minimum atomic E-state index is -0.186. The molecular weight excluding hydrogens is 260 g/mol. The number of thiophene rings is 1. The highest BCUT2D eigenvalue weighted by Gasteiger charge is 2.18. The normalized spacial score (nSPS) is 14.1. The molecule has 1 heterocycles.